The molecule has 0 saturated carbocycles. The van der Waals surface area contributed by atoms with Gasteiger partial charge in [-0.15, -0.1) is 0 Å². The molecule has 1 N–H and O–H groups in total. The fourth-order valence-corrected chi connectivity index (χ4v) is 2.23. The molecule has 122 valence electrons. The van der Waals surface area contributed by atoms with E-state index in [1.54, 1.807) is 13.0 Å². The number of hydrogen-bond donors (Lipinski definition) is 1. The molecule has 0 fully saturated rings. The van der Waals surface area contributed by atoms with Gasteiger partial charge in [-0.3, -0.25) is 4.79 Å². The van der Waals surface area contributed by atoms with Gasteiger partial charge in [-0.1, -0.05) is 31.2 Å². The van der Waals surface area contributed by atoms with Gasteiger partial charge in [-0.25, -0.2) is 0 Å². The molecule has 0 heterocycles. The zero-order valence-corrected chi connectivity index (χ0v) is 13.8. The Balaban J connectivity index is 2.01. The maximum absolute atomic E-state index is 12.3. The van der Waals surface area contributed by atoms with Crippen LogP contribution in [0.15, 0.2) is 48.5 Å². The number of para-hydroxylation sites is 1. The first kappa shape index (κ1) is 16.9. The Morgan fingerprint density at radius 2 is 1.91 bits per heavy atom. The molecule has 4 nitrogen and oxygen atoms in total. The predicted molar refractivity (Wildman–Crippen MR) is 92.2 cm³/mol. The summed E-state index contributed by atoms with van der Waals surface area (Å²) in [5, 5.41) is 2.85. The van der Waals surface area contributed by atoms with Gasteiger partial charge in [-0.2, -0.15) is 0 Å². The van der Waals surface area contributed by atoms with Crippen LogP contribution in [0, 0.1) is 0 Å². The summed E-state index contributed by atoms with van der Waals surface area (Å²) >= 11 is 0. The van der Waals surface area contributed by atoms with Crippen molar-refractivity contribution in [2.45, 2.75) is 33.3 Å². The second-order valence-corrected chi connectivity index (χ2v) is 5.17. The Labute approximate surface area is 137 Å². The molecule has 0 aliphatic heterocycles. The van der Waals surface area contributed by atoms with Crippen molar-refractivity contribution in [2.75, 3.05) is 11.9 Å². The van der Waals surface area contributed by atoms with Crippen LogP contribution in [0.2, 0.25) is 0 Å². The van der Waals surface area contributed by atoms with E-state index in [1.165, 1.54) is 0 Å². The topological polar surface area (TPSA) is 47.6 Å². The van der Waals surface area contributed by atoms with Gasteiger partial charge in [-0.05, 0) is 44.0 Å². The lowest BCUT2D eigenvalue weighted by Crippen LogP contribution is -2.30. The summed E-state index contributed by atoms with van der Waals surface area (Å²) in [7, 11) is 0. The minimum atomic E-state index is -0.585. The number of hydrogen-bond acceptors (Lipinski definition) is 3. The first-order valence-corrected chi connectivity index (χ1v) is 7.92. The Hall–Kier alpha value is -2.49. The molecule has 0 aliphatic rings. The minimum Gasteiger partial charge on any atom is -0.494 e. The fraction of sp³-hybridized carbons (Fsp3) is 0.316. The molecule has 2 aromatic rings. The zero-order chi connectivity index (χ0) is 16.7. The van der Waals surface area contributed by atoms with E-state index in [-0.39, 0.29) is 5.91 Å². The highest BCUT2D eigenvalue weighted by Crippen LogP contribution is 2.21. The summed E-state index contributed by atoms with van der Waals surface area (Å²) in [5.41, 5.74) is 1.78. The molecular weight excluding hydrogens is 290 g/mol. The van der Waals surface area contributed by atoms with Crippen LogP contribution in [0.25, 0.3) is 0 Å². The molecule has 0 spiro atoms. The lowest BCUT2D eigenvalue weighted by atomic mass is 10.1. The van der Waals surface area contributed by atoms with E-state index < -0.39 is 6.10 Å². The first-order valence-electron chi connectivity index (χ1n) is 7.92. The third-order valence-corrected chi connectivity index (χ3v) is 3.44. The normalized spacial score (nSPS) is 11.6. The number of amides is 1. The Kier molecular flexibility index (Phi) is 6.03. The van der Waals surface area contributed by atoms with Gasteiger partial charge in [0.25, 0.3) is 5.91 Å². The summed E-state index contributed by atoms with van der Waals surface area (Å²) in [6, 6.07) is 15.1. The van der Waals surface area contributed by atoms with E-state index in [2.05, 4.69) is 12.2 Å². The lowest BCUT2D eigenvalue weighted by molar-refractivity contribution is -0.122. The van der Waals surface area contributed by atoms with E-state index in [0.29, 0.717) is 12.3 Å². The van der Waals surface area contributed by atoms with Crippen LogP contribution in [0.1, 0.15) is 26.3 Å². The number of nitrogens with one attached hydrogen (secondary N) is 1. The summed E-state index contributed by atoms with van der Waals surface area (Å²) < 4.78 is 11.2. The maximum atomic E-state index is 12.3. The number of rotatable bonds is 7. The first-order chi connectivity index (χ1) is 11.1. The molecule has 0 unspecified atom stereocenters. The van der Waals surface area contributed by atoms with Crippen LogP contribution in [0.3, 0.4) is 0 Å². The van der Waals surface area contributed by atoms with Crippen molar-refractivity contribution in [3.8, 4) is 11.5 Å². The highest BCUT2D eigenvalue weighted by atomic mass is 16.5. The van der Waals surface area contributed by atoms with Gasteiger partial charge in [0, 0.05) is 11.8 Å². The lowest BCUT2D eigenvalue weighted by Gasteiger charge is -2.17. The molecule has 1 atom stereocenters. The number of carbonyl (C=O) groups excluding carboxylic acids is 1. The van der Waals surface area contributed by atoms with Gasteiger partial charge >= 0.3 is 0 Å². The van der Waals surface area contributed by atoms with E-state index in [0.717, 1.165) is 23.5 Å². The molecule has 0 aromatic heterocycles. The number of carbonyl (C=O) groups is 1. The molecule has 4 heteroatoms. The maximum Gasteiger partial charge on any atom is 0.265 e. The van der Waals surface area contributed by atoms with Crippen molar-refractivity contribution in [3.63, 3.8) is 0 Å². The minimum absolute atomic E-state index is 0.190. The van der Waals surface area contributed by atoms with Gasteiger partial charge in [0.2, 0.25) is 0 Å². The number of anilines is 1. The van der Waals surface area contributed by atoms with Gasteiger partial charge in [0.15, 0.2) is 6.10 Å². The summed E-state index contributed by atoms with van der Waals surface area (Å²) in [6.45, 7) is 6.32. The third-order valence-electron chi connectivity index (χ3n) is 3.44. The van der Waals surface area contributed by atoms with E-state index >= 15 is 0 Å². The molecule has 2 aromatic carbocycles. The standard InChI is InChI=1S/C19H23NO3/c1-4-15-9-6-7-12-18(15)23-14(3)19(21)20-16-10-8-11-17(13-16)22-5-2/h6-14H,4-5H2,1-3H3,(H,20,21)/t14-/m0/s1. The van der Waals surface area contributed by atoms with E-state index in [4.69, 9.17) is 9.47 Å². The number of aryl methyl sites for hydroxylation is 1. The molecular formula is C19H23NO3. The van der Waals surface area contributed by atoms with E-state index in [1.807, 2.05) is 49.4 Å². The predicted octanol–water partition coefficient (Wildman–Crippen LogP) is 4.05. The quantitative estimate of drug-likeness (QED) is 0.838. The Bertz CT molecular complexity index is 655. The third kappa shape index (κ3) is 4.74. The highest BCUT2D eigenvalue weighted by molar-refractivity contribution is 5.94. The van der Waals surface area contributed by atoms with Gasteiger partial charge in [0.05, 0.1) is 6.61 Å². The van der Waals surface area contributed by atoms with Crippen LogP contribution >= 0.6 is 0 Å². The van der Waals surface area contributed by atoms with Crippen molar-refractivity contribution in [3.05, 3.63) is 54.1 Å². The van der Waals surface area contributed by atoms with Crippen LogP contribution in [-0.4, -0.2) is 18.6 Å². The van der Waals surface area contributed by atoms with Crippen molar-refractivity contribution in [2.24, 2.45) is 0 Å². The van der Waals surface area contributed by atoms with Gasteiger partial charge in [0.1, 0.15) is 11.5 Å². The molecule has 0 aliphatic carbocycles. The number of benzene rings is 2. The van der Waals surface area contributed by atoms with Crippen molar-refractivity contribution in [1.29, 1.82) is 0 Å². The summed E-state index contributed by atoms with van der Waals surface area (Å²) in [6.07, 6.45) is 0.277. The Morgan fingerprint density at radius 3 is 2.65 bits per heavy atom. The Morgan fingerprint density at radius 1 is 1.13 bits per heavy atom. The molecule has 0 radical (unpaired) electrons. The average Bonchev–Trinajstić information content (AvgIpc) is 2.56. The highest BCUT2D eigenvalue weighted by Gasteiger charge is 2.16. The zero-order valence-electron chi connectivity index (χ0n) is 13.8. The van der Waals surface area contributed by atoms with Gasteiger partial charge < -0.3 is 14.8 Å². The average molecular weight is 313 g/mol. The van der Waals surface area contributed by atoms with Crippen LogP contribution < -0.4 is 14.8 Å². The number of ether oxygens (including phenoxy) is 2. The summed E-state index contributed by atoms with van der Waals surface area (Å²) in [5.74, 6) is 1.29. The monoisotopic (exact) mass is 313 g/mol. The second-order valence-electron chi connectivity index (χ2n) is 5.17. The van der Waals surface area contributed by atoms with Crippen LogP contribution in [-0.2, 0) is 11.2 Å². The largest absolute Gasteiger partial charge is 0.494 e. The van der Waals surface area contributed by atoms with Crippen molar-refractivity contribution < 1.29 is 14.3 Å². The van der Waals surface area contributed by atoms with Crippen molar-refractivity contribution >= 4 is 11.6 Å². The molecule has 23 heavy (non-hydrogen) atoms. The molecule has 0 bridgehead atoms. The van der Waals surface area contributed by atoms with Crippen LogP contribution in [0.5, 0.6) is 11.5 Å². The summed E-state index contributed by atoms with van der Waals surface area (Å²) in [4.78, 5) is 12.3. The van der Waals surface area contributed by atoms with E-state index in [9.17, 15) is 4.79 Å². The van der Waals surface area contributed by atoms with Crippen LogP contribution in [0.4, 0.5) is 5.69 Å². The van der Waals surface area contributed by atoms with Crippen molar-refractivity contribution in [1.82, 2.24) is 0 Å². The molecule has 1 amide bonds. The smallest absolute Gasteiger partial charge is 0.265 e. The molecule has 2 rings (SSSR count). The SMILES string of the molecule is CCOc1cccc(NC(=O)[C@H](C)Oc2ccccc2CC)c1. The molecule has 0 saturated heterocycles. The second kappa shape index (κ2) is 8.22. The fourth-order valence-electron chi connectivity index (χ4n) is 2.23.